The third kappa shape index (κ3) is 3.60. The van der Waals surface area contributed by atoms with Crippen LogP contribution in [-0.2, 0) is 9.53 Å². The Labute approximate surface area is 124 Å². The fourth-order valence-corrected chi connectivity index (χ4v) is 2.99. The Morgan fingerprint density at radius 1 is 1.19 bits per heavy atom. The highest BCUT2D eigenvalue weighted by Gasteiger charge is 2.24. The highest BCUT2D eigenvalue weighted by atomic mass is 19.1. The number of benzene rings is 1. The first-order chi connectivity index (χ1) is 10.2. The third-order valence-corrected chi connectivity index (χ3v) is 4.25. The van der Waals surface area contributed by atoms with E-state index < -0.39 is 0 Å². The van der Waals surface area contributed by atoms with Gasteiger partial charge in [0.2, 0.25) is 5.91 Å². The number of ether oxygens (including phenoxy) is 1. The molecule has 21 heavy (non-hydrogen) atoms. The fraction of sp³-hybridized carbons (Fsp3) is 0.562. The number of hydrogen-bond donors (Lipinski definition) is 0. The Morgan fingerprint density at radius 2 is 2.00 bits per heavy atom. The minimum absolute atomic E-state index is 0.00590. The van der Waals surface area contributed by atoms with E-state index in [1.807, 2.05) is 4.90 Å². The second-order valence-electron chi connectivity index (χ2n) is 5.70. The summed E-state index contributed by atoms with van der Waals surface area (Å²) in [7, 11) is 0. The molecule has 1 aromatic carbocycles. The summed E-state index contributed by atoms with van der Waals surface area (Å²) in [6.07, 6.45) is 1.68. The number of rotatable bonds is 4. The Morgan fingerprint density at radius 3 is 2.71 bits per heavy atom. The van der Waals surface area contributed by atoms with Gasteiger partial charge in [-0.05, 0) is 24.1 Å². The van der Waals surface area contributed by atoms with Gasteiger partial charge in [-0.15, -0.1) is 0 Å². The van der Waals surface area contributed by atoms with E-state index >= 15 is 0 Å². The standard InChI is InChI=1S/C16H21FN2O2/c17-14-5-3-13(4-6-14)15-12-18(10-11-21-15)8-9-19-7-1-2-16(19)20/h3-6,15H,1-2,7-12H2/t15-/m1/s1. The van der Waals surface area contributed by atoms with Gasteiger partial charge < -0.3 is 9.64 Å². The molecule has 0 spiro atoms. The van der Waals surface area contributed by atoms with Gasteiger partial charge in [0.25, 0.3) is 0 Å². The molecule has 0 radical (unpaired) electrons. The average molecular weight is 292 g/mol. The molecule has 1 aromatic rings. The van der Waals surface area contributed by atoms with Crippen molar-refractivity contribution in [3.8, 4) is 0 Å². The van der Waals surface area contributed by atoms with Crippen LogP contribution in [0.15, 0.2) is 24.3 Å². The van der Waals surface area contributed by atoms with E-state index in [4.69, 9.17) is 4.74 Å². The molecule has 5 heteroatoms. The molecule has 4 nitrogen and oxygen atoms in total. The Kier molecular flexibility index (Phi) is 4.51. The van der Waals surface area contributed by atoms with Crippen molar-refractivity contribution in [1.82, 2.24) is 9.80 Å². The molecule has 2 saturated heterocycles. The topological polar surface area (TPSA) is 32.8 Å². The van der Waals surface area contributed by atoms with Crippen LogP contribution in [0.5, 0.6) is 0 Å². The number of carbonyl (C=O) groups is 1. The highest BCUT2D eigenvalue weighted by molar-refractivity contribution is 5.78. The largest absolute Gasteiger partial charge is 0.371 e. The van der Waals surface area contributed by atoms with Gasteiger partial charge in [-0.1, -0.05) is 12.1 Å². The zero-order valence-corrected chi connectivity index (χ0v) is 12.1. The minimum atomic E-state index is -0.223. The molecule has 114 valence electrons. The van der Waals surface area contributed by atoms with Crippen LogP contribution >= 0.6 is 0 Å². The number of halogens is 1. The molecular formula is C16H21FN2O2. The summed E-state index contributed by atoms with van der Waals surface area (Å²) in [6.45, 7) is 4.94. The number of amides is 1. The number of nitrogens with zero attached hydrogens (tertiary/aromatic N) is 2. The maximum absolute atomic E-state index is 13.0. The quantitative estimate of drug-likeness (QED) is 0.848. The second kappa shape index (κ2) is 6.54. The summed E-state index contributed by atoms with van der Waals surface area (Å²) in [5.74, 6) is 0.0531. The Hall–Kier alpha value is -1.46. The molecule has 2 fully saturated rings. The molecule has 1 amide bonds. The summed E-state index contributed by atoms with van der Waals surface area (Å²) in [5, 5.41) is 0. The third-order valence-electron chi connectivity index (χ3n) is 4.25. The van der Waals surface area contributed by atoms with E-state index in [-0.39, 0.29) is 17.8 Å². The van der Waals surface area contributed by atoms with Gasteiger partial charge in [0.05, 0.1) is 12.7 Å². The summed E-state index contributed by atoms with van der Waals surface area (Å²) < 4.78 is 18.8. The molecule has 0 saturated carbocycles. The maximum Gasteiger partial charge on any atom is 0.222 e. The van der Waals surface area contributed by atoms with Gasteiger partial charge in [-0.25, -0.2) is 4.39 Å². The second-order valence-corrected chi connectivity index (χ2v) is 5.70. The first-order valence-electron chi connectivity index (χ1n) is 7.59. The molecular weight excluding hydrogens is 271 g/mol. The number of carbonyl (C=O) groups excluding carboxylic acids is 1. The van der Waals surface area contributed by atoms with Gasteiger partial charge in [0.1, 0.15) is 5.82 Å². The van der Waals surface area contributed by atoms with Crippen molar-refractivity contribution in [2.75, 3.05) is 39.3 Å². The molecule has 2 aliphatic rings. The molecule has 1 atom stereocenters. The smallest absolute Gasteiger partial charge is 0.222 e. The lowest BCUT2D eigenvalue weighted by atomic mass is 10.1. The lowest BCUT2D eigenvalue weighted by Crippen LogP contribution is -2.42. The molecule has 0 unspecified atom stereocenters. The van der Waals surface area contributed by atoms with Crippen molar-refractivity contribution in [3.63, 3.8) is 0 Å². The van der Waals surface area contributed by atoms with Crippen LogP contribution in [0.2, 0.25) is 0 Å². The molecule has 0 aromatic heterocycles. The van der Waals surface area contributed by atoms with Gasteiger partial charge >= 0.3 is 0 Å². The van der Waals surface area contributed by atoms with E-state index in [9.17, 15) is 9.18 Å². The van der Waals surface area contributed by atoms with Crippen LogP contribution in [0.4, 0.5) is 4.39 Å². The fourth-order valence-electron chi connectivity index (χ4n) is 2.99. The van der Waals surface area contributed by atoms with Crippen molar-refractivity contribution >= 4 is 5.91 Å². The predicted octanol–water partition coefficient (Wildman–Crippen LogP) is 1.82. The van der Waals surface area contributed by atoms with Gasteiger partial charge in [0.15, 0.2) is 0 Å². The van der Waals surface area contributed by atoms with Gasteiger partial charge in [-0.2, -0.15) is 0 Å². The predicted molar refractivity (Wildman–Crippen MR) is 77.3 cm³/mol. The number of morpholine rings is 1. The average Bonchev–Trinajstić information content (AvgIpc) is 2.91. The molecule has 2 aliphatic heterocycles. The summed E-state index contributed by atoms with van der Waals surface area (Å²) in [5.41, 5.74) is 1.01. The van der Waals surface area contributed by atoms with Crippen LogP contribution in [0.25, 0.3) is 0 Å². The number of likely N-dealkylation sites (tertiary alicyclic amines) is 1. The summed E-state index contributed by atoms with van der Waals surface area (Å²) in [4.78, 5) is 15.9. The molecule has 2 heterocycles. The highest BCUT2D eigenvalue weighted by Crippen LogP contribution is 2.22. The van der Waals surface area contributed by atoms with Crippen LogP contribution in [0, 0.1) is 5.82 Å². The van der Waals surface area contributed by atoms with Crippen molar-refractivity contribution in [2.45, 2.75) is 18.9 Å². The lowest BCUT2D eigenvalue weighted by molar-refractivity contribution is -0.128. The van der Waals surface area contributed by atoms with E-state index in [1.165, 1.54) is 12.1 Å². The van der Waals surface area contributed by atoms with Crippen LogP contribution in [-0.4, -0.2) is 55.0 Å². The molecule has 0 N–H and O–H groups in total. The zero-order valence-electron chi connectivity index (χ0n) is 12.1. The van der Waals surface area contributed by atoms with Crippen molar-refractivity contribution in [1.29, 1.82) is 0 Å². The van der Waals surface area contributed by atoms with E-state index in [0.717, 1.165) is 44.7 Å². The number of hydrogen-bond acceptors (Lipinski definition) is 3. The minimum Gasteiger partial charge on any atom is -0.371 e. The van der Waals surface area contributed by atoms with Crippen LogP contribution in [0.1, 0.15) is 24.5 Å². The van der Waals surface area contributed by atoms with Crippen molar-refractivity contribution in [2.24, 2.45) is 0 Å². The monoisotopic (exact) mass is 292 g/mol. The Bertz CT molecular complexity index is 492. The normalized spacial score (nSPS) is 23.8. The first kappa shape index (κ1) is 14.5. The van der Waals surface area contributed by atoms with E-state index in [1.54, 1.807) is 12.1 Å². The van der Waals surface area contributed by atoms with E-state index in [2.05, 4.69) is 4.90 Å². The van der Waals surface area contributed by atoms with Crippen molar-refractivity contribution < 1.29 is 13.9 Å². The SMILES string of the molecule is O=C1CCCN1CCN1CCO[C@@H](c2ccc(F)cc2)C1. The Balaban J connectivity index is 1.53. The van der Waals surface area contributed by atoms with Crippen molar-refractivity contribution in [3.05, 3.63) is 35.6 Å². The molecule has 0 aliphatic carbocycles. The van der Waals surface area contributed by atoms with E-state index in [0.29, 0.717) is 13.0 Å². The maximum atomic E-state index is 13.0. The summed E-state index contributed by atoms with van der Waals surface area (Å²) in [6, 6.07) is 6.52. The zero-order chi connectivity index (χ0) is 14.7. The van der Waals surface area contributed by atoms with Crippen LogP contribution < -0.4 is 0 Å². The molecule has 0 bridgehead atoms. The van der Waals surface area contributed by atoms with Gasteiger partial charge in [-0.3, -0.25) is 9.69 Å². The van der Waals surface area contributed by atoms with Gasteiger partial charge in [0, 0.05) is 39.1 Å². The summed E-state index contributed by atoms with van der Waals surface area (Å²) >= 11 is 0. The first-order valence-corrected chi connectivity index (χ1v) is 7.59. The molecule has 3 rings (SSSR count). The van der Waals surface area contributed by atoms with Crippen LogP contribution in [0.3, 0.4) is 0 Å². The lowest BCUT2D eigenvalue weighted by Gasteiger charge is -2.34.